The molecular weight excluding hydrogens is 208 g/mol. The average molecular weight is 226 g/mol. The van der Waals surface area contributed by atoms with Gasteiger partial charge in [0.25, 0.3) is 5.56 Å². The van der Waals surface area contributed by atoms with E-state index in [0.29, 0.717) is 18.7 Å². The molecule has 0 radical (unpaired) electrons. The molecule has 1 aromatic rings. The Morgan fingerprint density at radius 1 is 1.38 bits per heavy atom. The van der Waals surface area contributed by atoms with Crippen molar-refractivity contribution in [3.05, 3.63) is 26.4 Å². The van der Waals surface area contributed by atoms with E-state index < -0.39 is 11.2 Å². The van der Waals surface area contributed by atoms with Gasteiger partial charge in [-0.3, -0.25) is 14.3 Å². The monoisotopic (exact) mass is 226 g/mol. The molecule has 0 saturated carbocycles. The van der Waals surface area contributed by atoms with Crippen LogP contribution in [0.3, 0.4) is 0 Å². The first-order valence-electron chi connectivity index (χ1n) is 5.23. The van der Waals surface area contributed by atoms with E-state index in [1.807, 2.05) is 25.9 Å². The summed E-state index contributed by atoms with van der Waals surface area (Å²) in [5, 5.41) is 0. The van der Waals surface area contributed by atoms with Crippen LogP contribution in [0.4, 0.5) is 5.82 Å². The highest BCUT2D eigenvalue weighted by Gasteiger charge is 2.11. The predicted octanol–water partition coefficient (Wildman–Crippen LogP) is -0.410. The van der Waals surface area contributed by atoms with Crippen molar-refractivity contribution in [3.63, 3.8) is 0 Å². The van der Waals surface area contributed by atoms with E-state index in [1.165, 1.54) is 4.57 Å². The largest absolute Gasteiger partial charge is 0.385 e. The molecule has 0 fully saturated rings. The highest BCUT2D eigenvalue weighted by molar-refractivity contribution is 5.38. The number of hydrogen-bond acceptors (Lipinski definition) is 4. The Kier molecular flexibility index (Phi) is 3.89. The number of H-pyrrole nitrogens is 1. The van der Waals surface area contributed by atoms with Crippen molar-refractivity contribution in [1.82, 2.24) is 14.5 Å². The lowest BCUT2D eigenvalue weighted by Gasteiger charge is -2.14. The number of aromatic nitrogens is 2. The number of nitrogens with two attached hydrogens (primary N) is 1. The van der Waals surface area contributed by atoms with Gasteiger partial charge in [-0.15, -0.1) is 0 Å². The van der Waals surface area contributed by atoms with E-state index >= 15 is 0 Å². The number of aromatic amines is 1. The van der Waals surface area contributed by atoms with Crippen LogP contribution >= 0.6 is 0 Å². The lowest BCUT2D eigenvalue weighted by Crippen LogP contribution is -2.36. The SMILES string of the molecule is CCCn1c(N)c(CN(C)C)c(=O)[nH]c1=O. The Labute approximate surface area is 93.7 Å². The first kappa shape index (κ1) is 12.5. The smallest absolute Gasteiger partial charge is 0.329 e. The predicted molar refractivity (Wildman–Crippen MR) is 63.4 cm³/mol. The molecule has 90 valence electrons. The summed E-state index contributed by atoms with van der Waals surface area (Å²) in [4.78, 5) is 27.2. The third kappa shape index (κ3) is 2.52. The van der Waals surface area contributed by atoms with Gasteiger partial charge in [-0.05, 0) is 20.5 Å². The van der Waals surface area contributed by atoms with Crippen molar-refractivity contribution in [2.24, 2.45) is 0 Å². The first-order valence-corrected chi connectivity index (χ1v) is 5.23. The number of anilines is 1. The molecule has 6 nitrogen and oxygen atoms in total. The van der Waals surface area contributed by atoms with E-state index in [1.54, 1.807) is 0 Å². The molecule has 0 aliphatic heterocycles. The van der Waals surface area contributed by atoms with E-state index in [9.17, 15) is 9.59 Å². The van der Waals surface area contributed by atoms with Crippen LogP contribution in [-0.4, -0.2) is 28.5 Å². The molecule has 0 aliphatic carbocycles. The number of nitrogen functional groups attached to an aromatic ring is 1. The van der Waals surface area contributed by atoms with Crippen molar-refractivity contribution in [2.45, 2.75) is 26.4 Å². The summed E-state index contributed by atoms with van der Waals surface area (Å²) in [5.41, 5.74) is 5.44. The lowest BCUT2D eigenvalue weighted by atomic mass is 10.3. The van der Waals surface area contributed by atoms with Gasteiger partial charge in [0.2, 0.25) is 0 Å². The average Bonchev–Trinajstić information content (AvgIpc) is 2.19. The number of rotatable bonds is 4. The maximum Gasteiger partial charge on any atom is 0.329 e. The van der Waals surface area contributed by atoms with Gasteiger partial charge in [-0.2, -0.15) is 0 Å². The second kappa shape index (κ2) is 4.98. The Bertz CT molecular complexity index is 473. The summed E-state index contributed by atoms with van der Waals surface area (Å²) in [6.07, 6.45) is 0.789. The summed E-state index contributed by atoms with van der Waals surface area (Å²) >= 11 is 0. The van der Waals surface area contributed by atoms with Crippen molar-refractivity contribution >= 4 is 5.82 Å². The molecule has 0 atom stereocenters. The van der Waals surface area contributed by atoms with Crippen LogP contribution in [0.15, 0.2) is 9.59 Å². The molecule has 0 unspecified atom stereocenters. The minimum atomic E-state index is -0.438. The Balaban J connectivity index is 3.33. The minimum Gasteiger partial charge on any atom is -0.385 e. The lowest BCUT2D eigenvalue weighted by molar-refractivity contribution is 0.398. The standard InChI is InChI=1S/C10H18N4O2/c1-4-5-14-8(11)7(6-13(2)3)9(15)12-10(14)16/h4-6,11H2,1-3H3,(H,12,15,16). The topological polar surface area (TPSA) is 84.1 Å². The zero-order valence-electron chi connectivity index (χ0n) is 9.91. The molecule has 0 amide bonds. The molecule has 16 heavy (non-hydrogen) atoms. The molecular formula is C10H18N4O2. The van der Waals surface area contributed by atoms with E-state index in [0.717, 1.165) is 6.42 Å². The Hall–Kier alpha value is -1.56. The fraction of sp³-hybridized carbons (Fsp3) is 0.600. The summed E-state index contributed by atoms with van der Waals surface area (Å²) in [7, 11) is 3.68. The van der Waals surface area contributed by atoms with E-state index in [4.69, 9.17) is 5.73 Å². The number of hydrogen-bond donors (Lipinski definition) is 2. The van der Waals surface area contributed by atoms with Crippen molar-refractivity contribution < 1.29 is 0 Å². The zero-order valence-corrected chi connectivity index (χ0v) is 9.91. The van der Waals surface area contributed by atoms with Crippen LogP contribution in [-0.2, 0) is 13.1 Å². The molecule has 6 heteroatoms. The molecule has 0 aromatic carbocycles. The number of nitrogens with one attached hydrogen (secondary N) is 1. The van der Waals surface area contributed by atoms with Gasteiger partial charge in [0.15, 0.2) is 0 Å². The molecule has 0 spiro atoms. The summed E-state index contributed by atoms with van der Waals surface area (Å²) in [6.45, 7) is 2.88. The highest BCUT2D eigenvalue weighted by Crippen LogP contribution is 2.06. The fourth-order valence-electron chi connectivity index (χ4n) is 1.54. The second-order valence-electron chi connectivity index (χ2n) is 4.01. The zero-order chi connectivity index (χ0) is 12.3. The Morgan fingerprint density at radius 2 is 2.00 bits per heavy atom. The van der Waals surface area contributed by atoms with Gasteiger partial charge in [0, 0.05) is 13.1 Å². The van der Waals surface area contributed by atoms with Crippen LogP contribution < -0.4 is 17.0 Å². The third-order valence-electron chi connectivity index (χ3n) is 2.26. The molecule has 0 aliphatic rings. The highest BCUT2D eigenvalue weighted by atomic mass is 16.2. The van der Waals surface area contributed by atoms with E-state index in [2.05, 4.69) is 4.98 Å². The molecule has 1 aromatic heterocycles. The van der Waals surface area contributed by atoms with Crippen LogP contribution in [0.25, 0.3) is 0 Å². The van der Waals surface area contributed by atoms with Gasteiger partial charge in [0.05, 0.1) is 5.56 Å². The van der Waals surface area contributed by atoms with Crippen LogP contribution in [0.5, 0.6) is 0 Å². The van der Waals surface area contributed by atoms with Crippen molar-refractivity contribution in [2.75, 3.05) is 19.8 Å². The van der Waals surface area contributed by atoms with Crippen LogP contribution in [0.1, 0.15) is 18.9 Å². The molecule has 1 heterocycles. The maximum absolute atomic E-state index is 11.6. The molecule has 3 N–H and O–H groups in total. The Morgan fingerprint density at radius 3 is 2.50 bits per heavy atom. The molecule has 0 bridgehead atoms. The summed E-state index contributed by atoms with van der Waals surface area (Å²) < 4.78 is 1.40. The minimum absolute atomic E-state index is 0.268. The molecule has 0 saturated heterocycles. The van der Waals surface area contributed by atoms with E-state index in [-0.39, 0.29) is 5.82 Å². The van der Waals surface area contributed by atoms with Gasteiger partial charge < -0.3 is 10.6 Å². The summed E-state index contributed by atoms with van der Waals surface area (Å²) in [6, 6.07) is 0. The summed E-state index contributed by atoms with van der Waals surface area (Å²) in [5.74, 6) is 0.268. The van der Waals surface area contributed by atoms with Crippen molar-refractivity contribution in [1.29, 1.82) is 0 Å². The maximum atomic E-state index is 11.6. The molecule has 1 rings (SSSR count). The van der Waals surface area contributed by atoms with Crippen LogP contribution in [0.2, 0.25) is 0 Å². The fourth-order valence-corrected chi connectivity index (χ4v) is 1.54. The van der Waals surface area contributed by atoms with Gasteiger partial charge in [-0.25, -0.2) is 4.79 Å². The van der Waals surface area contributed by atoms with Gasteiger partial charge in [-0.1, -0.05) is 6.92 Å². The number of nitrogens with zero attached hydrogens (tertiary/aromatic N) is 2. The normalized spacial score (nSPS) is 11.0. The second-order valence-corrected chi connectivity index (χ2v) is 4.01. The third-order valence-corrected chi connectivity index (χ3v) is 2.26. The van der Waals surface area contributed by atoms with Gasteiger partial charge in [0.1, 0.15) is 5.82 Å². The first-order chi connectivity index (χ1) is 7.47. The van der Waals surface area contributed by atoms with Crippen LogP contribution in [0, 0.1) is 0 Å². The van der Waals surface area contributed by atoms with Gasteiger partial charge >= 0.3 is 5.69 Å². The quantitative estimate of drug-likeness (QED) is 0.731. The van der Waals surface area contributed by atoms with Crippen molar-refractivity contribution in [3.8, 4) is 0 Å².